The van der Waals surface area contributed by atoms with Crippen molar-refractivity contribution in [2.75, 3.05) is 25.1 Å². The number of rotatable bonds is 3. The largest absolute Gasteiger partial charge is 0.507 e. The molecule has 2 unspecified atom stereocenters. The number of aromatic nitrogens is 1. The summed E-state index contributed by atoms with van der Waals surface area (Å²) in [5, 5.41) is 13.1. The Bertz CT molecular complexity index is 833. The van der Waals surface area contributed by atoms with Crippen LogP contribution in [-0.2, 0) is 9.53 Å². The van der Waals surface area contributed by atoms with Crippen LogP contribution in [0.5, 0.6) is 5.75 Å². The Balaban J connectivity index is 1.59. The van der Waals surface area contributed by atoms with E-state index in [1.807, 2.05) is 24.4 Å². The number of piperidine rings is 1. The number of carbonyl (C=O) groups excluding carboxylic acids is 1. The number of phenols is 1. The first-order chi connectivity index (χ1) is 12.4. The van der Waals surface area contributed by atoms with Crippen LogP contribution in [0, 0.1) is 24.2 Å². The number of esters is 1. The maximum absolute atomic E-state index is 12.4. The van der Waals surface area contributed by atoms with Crippen molar-refractivity contribution in [3.05, 3.63) is 29.1 Å². The van der Waals surface area contributed by atoms with Crippen LogP contribution < -0.4 is 4.90 Å². The van der Waals surface area contributed by atoms with E-state index >= 15 is 0 Å². The minimum absolute atomic E-state index is 0.0749. The Hall–Kier alpha value is -2.08. The first-order valence-electron chi connectivity index (χ1n) is 9.02. The molecule has 2 aromatic rings. The number of benzene rings is 1. The monoisotopic (exact) mass is 372 g/mol. The van der Waals surface area contributed by atoms with Gasteiger partial charge in [-0.1, -0.05) is 11.6 Å². The predicted octanol–water partition coefficient (Wildman–Crippen LogP) is 3.85. The van der Waals surface area contributed by atoms with E-state index < -0.39 is 0 Å². The van der Waals surface area contributed by atoms with Crippen molar-refractivity contribution in [2.24, 2.45) is 17.3 Å². The summed E-state index contributed by atoms with van der Waals surface area (Å²) in [5.41, 5.74) is 2.30. The fourth-order valence-electron chi connectivity index (χ4n) is 4.60. The van der Waals surface area contributed by atoms with Crippen LogP contribution in [-0.4, -0.2) is 36.3 Å². The highest BCUT2D eigenvalue weighted by Gasteiger charge is 2.56. The molecule has 1 N–H and O–H groups in total. The van der Waals surface area contributed by atoms with E-state index in [9.17, 15) is 9.90 Å². The van der Waals surface area contributed by atoms with Gasteiger partial charge in [-0.15, -0.1) is 11.3 Å². The highest BCUT2D eigenvalue weighted by atomic mass is 32.1. The Morgan fingerprint density at radius 1 is 1.35 bits per heavy atom. The maximum Gasteiger partial charge on any atom is 0.312 e. The van der Waals surface area contributed by atoms with Gasteiger partial charge < -0.3 is 14.7 Å². The van der Waals surface area contributed by atoms with Crippen LogP contribution in [0.2, 0.25) is 0 Å². The number of ether oxygens (including phenoxy) is 1. The van der Waals surface area contributed by atoms with Gasteiger partial charge >= 0.3 is 5.97 Å². The van der Waals surface area contributed by atoms with Gasteiger partial charge in [-0.3, -0.25) is 4.79 Å². The van der Waals surface area contributed by atoms with Crippen molar-refractivity contribution in [1.82, 2.24) is 4.98 Å². The highest BCUT2D eigenvalue weighted by molar-refractivity contribution is 7.14. The summed E-state index contributed by atoms with van der Waals surface area (Å²) < 4.78 is 5.10. The average Bonchev–Trinajstić information content (AvgIpc) is 3.16. The molecular formula is C20H24N2O3S. The molecule has 138 valence electrons. The molecule has 2 atom stereocenters. The Kier molecular flexibility index (Phi) is 4.18. The molecule has 1 aromatic carbocycles. The van der Waals surface area contributed by atoms with Crippen LogP contribution in [0.4, 0.5) is 5.13 Å². The third kappa shape index (κ3) is 2.58. The summed E-state index contributed by atoms with van der Waals surface area (Å²) >= 11 is 1.60. The van der Waals surface area contributed by atoms with E-state index in [0.717, 1.165) is 47.9 Å². The summed E-state index contributed by atoms with van der Waals surface area (Å²) in [7, 11) is 1.49. The molecule has 0 spiro atoms. The minimum Gasteiger partial charge on any atom is -0.507 e. The van der Waals surface area contributed by atoms with Crippen molar-refractivity contribution in [2.45, 2.75) is 26.7 Å². The molecule has 0 amide bonds. The Labute approximate surface area is 157 Å². The number of phenolic OH excluding ortho intramolecular Hbond substituents is 1. The zero-order valence-electron chi connectivity index (χ0n) is 15.4. The lowest BCUT2D eigenvalue weighted by atomic mass is 9.71. The van der Waals surface area contributed by atoms with Crippen LogP contribution in [0.3, 0.4) is 0 Å². The Morgan fingerprint density at radius 3 is 2.69 bits per heavy atom. The third-order valence-corrected chi connectivity index (χ3v) is 7.16. The molecule has 2 heterocycles. The van der Waals surface area contributed by atoms with Gasteiger partial charge in [0.15, 0.2) is 5.13 Å². The van der Waals surface area contributed by atoms with Gasteiger partial charge in [0.05, 0.1) is 18.2 Å². The smallest absolute Gasteiger partial charge is 0.312 e. The lowest BCUT2D eigenvalue weighted by Gasteiger charge is -2.43. The molecule has 1 aromatic heterocycles. The second kappa shape index (κ2) is 6.27. The van der Waals surface area contributed by atoms with E-state index in [4.69, 9.17) is 9.72 Å². The van der Waals surface area contributed by atoms with Gasteiger partial charge in [0.1, 0.15) is 5.75 Å². The standard InChI is InChI=1S/C20H24N2O3S/c1-12-4-7-17(23)15(8-12)16-11-26-19(21-16)22-9-13-5-6-14(10-22)20(13,2)18(24)25-3/h4,7-8,11,13-14,23H,5-6,9-10H2,1-3H3. The maximum atomic E-state index is 12.4. The number of hydrogen-bond donors (Lipinski definition) is 1. The molecule has 2 fully saturated rings. The first kappa shape index (κ1) is 17.3. The summed E-state index contributed by atoms with van der Waals surface area (Å²) in [4.78, 5) is 19.5. The number of methoxy groups -OCH3 is 1. The summed E-state index contributed by atoms with van der Waals surface area (Å²) in [5.74, 6) is 0.778. The molecule has 6 heteroatoms. The van der Waals surface area contributed by atoms with E-state index in [2.05, 4.69) is 11.8 Å². The first-order valence-corrected chi connectivity index (χ1v) is 9.90. The molecular weight excluding hydrogens is 348 g/mol. The minimum atomic E-state index is -0.375. The molecule has 0 radical (unpaired) electrons. The molecule has 1 aliphatic heterocycles. The van der Waals surface area contributed by atoms with E-state index in [0.29, 0.717) is 11.8 Å². The van der Waals surface area contributed by atoms with Gasteiger partial charge in [-0.2, -0.15) is 0 Å². The van der Waals surface area contributed by atoms with E-state index in [1.54, 1.807) is 17.4 Å². The van der Waals surface area contributed by atoms with Crippen LogP contribution in [0.1, 0.15) is 25.3 Å². The number of fused-ring (bicyclic) bond motifs is 2. The van der Waals surface area contributed by atoms with Crippen molar-refractivity contribution in [3.8, 4) is 17.0 Å². The topological polar surface area (TPSA) is 62.7 Å². The highest BCUT2D eigenvalue weighted by Crippen LogP contribution is 2.53. The number of carbonyl (C=O) groups is 1. The number of hydrogen-bond acceptors (Lipinski definition) is 6. The third-order valence-electron chi connectivity index (χ3n) is 6.26. The van der Waals surface area contributed by atoms with Crippen LogP contribution in [0.25, 0.3) is 11.3 Å². The average molecular weight is 372 g/mol. The number of aryl methyl sites for hydroxylation is 1. The zero-order valence-corrected chi connectivity index (χ0v) is 16.2. The normalized spacial score (nSPS) is 27.6. The molecule has 2 bridgehead atoms. The van der Waals surface area contributed by atoms with Crippen molar-refractivity contribution in [3.63, 3.8) is 0 Å². The fourth-order valence-corrected chi connectivity index (χ4v) is 5.45. The van der Waals surface area contributed by atoms with Gasteiger partial charge in [0, 0.05) is 24.0 Å². The summed E-state index contributed by atoms with van der Waals surface area (Å²) in [6.45, 7) is 5.73. The molecule has 26 heavy (non-hydrogen) atoms. The Morgan fingerprint density at radius 2 is 2.04 bits per heavy atom. The zero-order chi connectivity index (χ0) is 18.5. The van der Waals surface area contributed by atoms with Gasteiger partial charge in [0.25, 0.3) is 0 Å². The molecule has 1 saturated carbocycles. The number of anilines is 1. The lowest BCUT2D eigenvalue weighted by molar-refractivity contribution is -0.157. The number of thiazole rings is 1. The number of nitrogens with zero attached hydrogens (tertiary/aromatic N) is 2. The van der Waals surface area contributed by atoms with Crippen molar-refractivity contribution in [1.29, 1.82) is 0 Å². The lowest BCUT2D eigenvalue weighted by Crippen LogP contribution is -2.52. The van der Waals surface area contributed by atoms with E-state index in [-0.39, 0.29) is 17.1 Å². The van der Waals surface area contributed by atoms with E-state index in [1.165, 1.54) is 7.11 Å². The van der Waals surface area contributed by atoms with Crippen LogP contribution in [0.15, 0.2) is 23.6 Å². The van der Waals surface area contributed by atoms with Gasteiger partial charge in [-0.05, 0) is 50.7 Å². The molecule has 2 aliphatic rings. The second-order valence-corrected chi connectivity index (χ2v) is 8.52. The summed E-state index contributed by atoms with van der Waals surface area (Å²) in [6.07, 6.45) is 2.12. The fraction of sp³-hybridized carbons (Fsp3) is 0.500. The van der Waals surface area contributed by atoms with Gasteiger partial charge in [0.2, 0.25) is 0 Å². The van der Waals surface area contributed by atoms with Crippen molar-refractivity contribution < 1.29 is 14.6 Å². The van der Waals surface area contributed by atoms with Crippen LogP contribution >= 0.6 is 11.3 Å². The second-order valence-electron chi connectivity index (χ2n) is 7.69. The number of aromatic hydroxyl groups is 1. The molecule has 1 saturated heterocycles. The molecule has 5 nitrogen and oxygen atoms in total. The van der Waals surface area contributed by atoms with Gasteiger partial charge in [-0.25, -0.2) is 4.98 Å². The molecule has 4 rings (SSSR count). The predicted molar refractivity (Wildman–Crippen MR) is 103 cm³/mol. The molecule has 1 aliphatic carbocycles. The SMILES string of the molecule is COC(=O)C1(C)C2CCC1CN(c1nc(-c3cc(C)ccc3O)cs1)C2. The quantitative estimate of drug-likeness (QED) is 0.829. The summed E-state index contributed by atoms with van der Waals surface area (Å²) in [6, 6.07) is 5.57. The van der Waals surface area contributed by atoms with Crippen molar-refractivity contribution >= 4 is 22.4 Å².